The minimum atomic E-state index is -0.520. The van der Waals surface area contributed by atoms with Gasteiger partial charge < -0.3 is 25.2 Å². The molecule has 0 aliphatic carbocycles. The molecular formula is C22H30N6O3. The summed E-state index contributed by atoms with van der Waals surface area (Å²) in [6, 6.07) is 5.50. The van der Waals surface area contributed by atoms with Gasteiger partial charge in [0, 0.05) is 19.3 Å². The third kappa shape index (κ3) is 6.65. The van der Waals surface area contributed by atoms with Crippen LogP contribution in [-0.2, 0) is 22.5 Å². The number of ether oxygens (including phenoxy) is 1. The van der Waals surface area contributed by atoms with Crippen LogP contribution in [0.2, 0.25) is 0 Å². The first-order chi connectivity index (χ1) is 14.6. The molecule has 0 fully saturated rings. The van der Waals surface area contributed by atoms with Gasteiger partial charge in [0.05, 0.1) is 18.4 Å². The van der Waals surface area contributed by atoms with Crippen LogP contribution in [0, 0.1) is 0 Å². The molecule has 0 unspecified atom stereocenters. The normalized spacial score (nSPS) is 13.5. The first-order valence-corrected chi connectivity index (χ1v) is 10.2. The number of pyridine rings is 2. The lowest BCUT2D eigenvalue weighted by Gasteiger charge is -2.31. The molecule has 0 spiro atoms. The largest absolute Gasteiger partial charge is 0.444 e. The van der Waals surface area contributed by atoms with E-state index in [0.717, 1.165) is 23.2 Å². The molecule has 3 rings (SSSR count). The Morgan fingerprint density at radius 1 is 1.13 bits per heavy atom. The maximum atomic E-state index is 12.4. The van der Waals surface area contributed by atoms with Crippen LogP contribution in [-0.4, -0.2) is 64.6 Å². The zero-order chi connectivity index (χ0) is 22.6. The molecule has 166 valence electrons. The molecule has 1 aliphatic heterocycles. The third-order valence-electron chi connectivity index (χ3n) is 4.51. The second kappa shape index (κ2) is 9.30. The SMILES string of the molecule is CN(C)CC(=O)Nc1ccc(Nc2cc3c(cn2)CCN(C(=O)OC(C)(C)C)C3)cn1. The summed E-state index contributed by atoms with van der Waals surface area (Å²) in [5.41, 5.74) is 2.39. The molecule has 0 saturated carbocycles. The average molecular weight is 427 g/mol. The van der Waals surface area contributed by atoms with Crippen LogP contribution >= 0.6 is 0 Å². The van der Waals surface area contributed by atoms with Crippen molar-refractivity contribution in [1.29, 1.82) is 0 Å². The third-order valence-corrected chi connectivity index (χ3v) is 4.51. The van der Waals surface area contributed by atoms with Crippen molar-refractivity contribution in [3.63, 3.8) is 0 Å². The van der Waals surface area contributed by atoms with Gasteiger partial charge in [-0.05, 0) is 70.6 Å². The summed E-state index contributed by atoms with van der Waals surface area (Å²) in [7, 11) is 3.66. The number of aromatic nitrogens is 2. The van der Waals surface area contributed by atoms with E-state index >= 15 is 0 Å². The highest BCUT2D eigenvalue weighted by Gasteiger charge is 2.26. The maximum Gasteiger partial charge on any atom is 0.410 e. The van der Waals surface area contributed by atoms with Gasteiger partial charge in [-0.1, -0.05) is 0 Å². The van der Waals surface area contributed by atoms with E-state index in [1.54, 1.807) is 22.1 Å². The molecule has 3 heterocycles. The molecule has 2 aromatic heterocycles. The number of nitrogens with zero attached hydrogens (tertiary/aromatic N) is 4. The number of fused-ring (bicyclic) bond motifs is 1. The molecule has 1 aliphatic rings. The van der Waals surface area contributed by atoms with Gasteiger partial charge in [-0.25, -0.2) is 14.8 Å². The van der Waals surface area contributed by atoms with Crippen molar-refractivity contribution in [2.45, 2.75) is 39.3 Å². The lowest BCUT2D eigenvalue weighted by molar-refractivity contribution is -0.116. The topological polar surface area (TPSA) is 99.7 Å². The van der Waals surface area contributed by atoms with E-state index in [9.17, 15) is 9.59 Å². The Kier molecular flexibility index (Phi) is 6.74. The standard InChI is InChI=1S/C22H30N6O3/c1-22(2,3)31-21(30)28-9-8-15-11-23-19(10-16(15)13-28)25-17-6-7-18(24-12-17)26-20(29)14-27(4)5/h6-7,10-12H,8-9,13-14H2,1-5H3,(H,23,25)(H,24,26,29). The lowest BCUT2D eigenvalue weighted by atomic mass is 10.0. The van der Waals surface area contributed by atoms with Gasteiger partial charge in [0.25, 0.3) is 0 Å². The highest BCUT2D eigenvalue weighted by Crippen LogP contribution is 2.24. The van der Waals surface area contributed by atoms with Crippen LogP contribution in [0.3, 0.4) is 0 Å². The number of nitrogens with one attached hydrogen (secondary N) is 2. The van der Waals surface area contributed by atoms with Crippen molar-refractivity contribution < 1.29 is 14.3 Å². The quantitative estimate of drug-likeness (QED) is 0.758. The minimum absolute atomic E-state index is 0.121. The first kappa shape index (κ1) is 22.5. The van der Waals surface area contributed by atoms with Gasteiger partial charge in [0.2, 0.25) is 5.91 Å². The Hall–Kier alpha value is -3.20. The Balaban J connectivity index is 1.63. The summed E-state index contributed by atoms with van der Waals surface area (Å²) >= 11 is 0. The van der Waals surface area contributed by atoms with Crippen LogP contribution in [0.4, 0.5) is 22.1 Å². The summed E-state index contributed by atoms with van der Waals surface area (Å²) in [5, 5.41) is 5.97. The molecule has 2 aromatic rings. The molecule has 0 bridgehead atoms. The van der Waals surface area contributed by atoms with Gasteiger partial charge in [0.15, 0.2) is 0 Å². The summed E-state index contributed by atoms with van der Waals surface area (Å²) in [5.74, 6) is 1.03. The molecule has 9 nitrogen and oxygen atoms in total. The average Bonchev–Trinajstić information content (AvgIpc) is 2.67. The Labute approximate surface area is 182 Å². The zero-order valence-electron chi connectivity index (χ0n) is 18.7. The summed E-state index contributed by atoms with van der Waals surface area (Å²) < 4.78 is 5.49. The Morgan fingerprint density at radius 3 is 2.52 bits per heavy atom. The molecule has 2 amide bonds. The summed E-state index contributed by atoms with van der Waals surface area (Å²) in [6.45, 7) is 6.98. The summed E-state index contributed by atoms with van der Waals surface area (Å²) in [6.07, 6.45) is 3.91. The number of carbonyl (C=O) groups is 2. The number of anilines is 3. The van der Waals surface area contributed by atoms with Crippen LogP contribution in [0.15, 0.2) is 30.6 Å². The van der Waals surface area contributed by atoms with E-state index < -0.39 is 5.60 Å². The second-order valence-electron chi connectivity index (χ2n) is 8.83. The first-order valence-electron chi connectivity index (χ1n) is 10.2. The van der Waals surface area contributed by atoms with Gasteiger partial charge in [-0.2, -0.15) is 0 Å². The van der Waals surface area contributed by atoms with Crippen LogP contribution in [0.1, 0.15) is 31.9 Å². The Bertz CT molecular complexity index is 937. The van der Waals surface area contributed by atoms with Crippen molar-refractivity contribution >= 4 is 29.3 Å². The smallest absolute Gasteiger partial charge is 0.410 e. The van der Waals surface area contributed by atoms with E-state index in [1.165, 1.54) is 0 Å². The lowest BCUT2D eigenvalue weighted by Crippen LogP contribution is -2.39. The van der Waals surface area contributed by atoms with E-state index in [4.69, 9.17) is 4.74 Å². The monoisotopic (exact) mass is 426 g/mol. The summed E-state index contributed by atoms with van der Waals surface area (Å²) in [4.78, 5) is 36.5. The molecule has 31 heavy (non-hydrogen) atoms. The van der Waals surface area contributed by atoms with E-state index in [-0.39, 0.29) is 12.0 Å². The number of likely N-dealkylation sites (N-methyl/N-ethyl adjacent to an activating group) is 1. The van der Waals surface area contributed by atoms with Crippen LogP contribution in [0.5, 0.6) is 0 Å². The van der Waals surface area contributed by atoms with Crippen molar-refractivity contribution in [2.75, 3.05) is 37.8 Å². The molecular weight excluding hydrogens is 396 g/mol. The molecule has 0 atom stereocenters. The van der Waals surface area contributed by atoms with Crippen molar-refractivity contribution in [3.05, 3.63) is 41.7 Å². The second-order valence-corrected chi connectivity index (χ2v) is 8.83. The highest BCUT2D eigenvalue weighted by atomic mass is 16.6. The van der Waals surface area contributed by atoms with E-state index in [0.29, 0.717) is 31.3 Å². The number of rotatable bonds is 5. The van der Waals surface area contributed by atoms with Crippen molar-refractivity contribution in [2.24, 2.45) is 0 Å². The number of amides is 2. The fourth-order valence-corrected chi connectivity index (χ4v) is 3.15. The highest BCUT2D eigenvalue weighted by molar-refractivity contribution is 5.91. The Morgan fingerprint density at radius 2 is 1.87 bits per heavy atom. The van der Waals surface area contributed by atoms with Gasteiger partial charge >= 0.3 is 6.09 Å². The fraction of sp³-hybridized carbons (Fsp3) is 0.455. The fourth-order valence-electron chi connectivity index (χ4n) is 3.15. The predicted molar refractivity (Wildman–Crippen MR) is 119 cm³/mol. The van der Waals surface area contributed by atoms with Gasteiger partial charge in [-0.15, -0.1) is 0 Å². The number of hydrogen-bond donors (Lipinski definition) is 2. The van der Waals surface area contributed by atoms with Crippen LogP contribution in [0.25, 0.3) is 0 Å². The molecule has 0 saturated heterocycles. The number of hydrogen-bond acceptors (Lipinski definition) is 7. The molecule has 9 heteroatoms. The predicted octanol–water partition coefficient (Wildman–Crippen LogP) is 3.01. The van der Waals surface area contributed by atoms with Gasteiger partial charge in [0.1, 0.15) is 17.2 Å². The minimum Gasteiger partial charge on any atom is -0.444 e. The van der Waals surface area contributed by atoms with Crippen molar-refractivity contribution in [1.82, 2.24) is 19.8 Å². The molecule has 2 N–H and O–H groups in total. The van der Waals surface area contributed by atoms with Crippen molar-refractivity contribution in [3.8, 4) is 0 Å². The molecule has 0 aromatic carbocycles. The molecule has 0 radical (unpaired) electrons. The van der Waals surface area contributed by atoms with E-state index in [2.05, 4.69) is 20.6 Å². The van der Waals surface area contributed by atoms with Gasteiger partial charge in [-0.3, -0.25) is 4.79 Å². The van der Waals surface area contributed by atoms with Crippen LogP contribution < -0.4 is 10.6 Å². The maximum absolute atomic E-state index is 12.4. The van der Waals surface area contributed by atoms with E-state index in [1.807, 2.05) is 53.2 Å². The zero-order valence-corrected chi connectivity index (χ0v) is 18.7. The number of carbonyl (C=O) groups excluding carboxylic acids is 2.